The van der Waals surface area contributed by atoms with E-state index in [-0.39, 0.29) is 11.6 Å². The van der Waals surface area contributed by atoms with Crippen molar-refractivity contribution < 1.29 is 13.9 Å². The number of carbonyl (C=O) groups is 1. The molecule has 0 aromatic heterocycles. The van der Waals surface area contributed by atoms with Crippen molar-refractivity contribution >= 4 is 11.5 Å². The van der Waals surface area contributed by atoms with Crippen LogP contribution in [-0.4, -0.2) is 50.5 Å². The van der Waals surface area contributed by atoms with Crippen molar-refractivity contribution in [3.8, 4) is 0 Å². The van der Waals surface area contributed by atoms with E-state index in [0.29, 0.717) is 12.3 Å². The van der Waals surface area contributed by atoms with Crippen molar-refractivity contribution in [3.05, 3.63) is 53.1 Å². The number of benzene rings is 1. The third-order valence-electron chi connectivity index (χ3n) is 7.25. The monoisotopic (exact) mass is 577 g/mol. The summed E-state index contributed by atoms with van der Waals surface area (Å²) < 4.78 is 18.7. The minimum Gasteiger partial charge on any atom is -0.501 e. The van der Waals surface area contributed by atoms with Crippen LogP contribution < -0.4 is 4.90 Å². The van der Waals surface area contributed by atoms with E-state index in [0.717, 1.165) is 61.9 Å². The lowest BCUT2D eigenvalue weighted by molar-refractivity contribution is -0.117. The Kier molecular flexibility index (Phi) is 25.6. The number of hydrogen-bond donors (Lipinski definition) is 0. The zero-order chi connectivity index (χ0) is 31.8. The highest BCUT2D eigenvalue weighted by Gasteiger charge is 2.19. The average Bonchev–Trinajstić information content (AvgIpc) is 2.99. The van der Waals surface area contributed by atoms with Gasteiger partial charge >= 0.3 is 0 Å². The smallest absolute Gasteiger partial charge is 0.130 e. The van der Waals surface area contributed by atoms with Crippen LogP contribution in [0.25, 0.3) is 0 Å². The number of nitrogens with zero attached hydrogens (tertiary/aromatic N) is 2. The third kappa shape index (κ3) is 18.1. The minimum absolute atomic E-state index is 0.0964. The summed E-state index contributed by atoms with van der Waals surface area (Å²) in [7, 11) is 1.70. The normalized spacial score (nSPS) is 16.2. The number of anilines is 1. The highest BCUT2D eigenvalue weighted by atomic mass is 19.1. The van der Waals surface area contributed by atoms with Crippen LogP contribution in [0.1, 0.15) is 113 Å². The number of hydrogen-bond acceptors (Lipinski definition) is 4. The molecule has 1 aromatic rings. The lowest BCUT2D eigenvalue weighted by Gasteiger charge is -2.36. The molecule has 1 heterocycles. The first-order valence-corrected chi connectivity index (χ1v) is 16.3. The molecular formula is C36H65FN2O2. The zero-order valence-electron chi connectivity index (χ0n) is 28.9. The summed E-state index contributed by atoms with van der Waals surface area (Å²) in [5.41, 5.74) is 3.20. The molecule has 0 amide bonds. The van der Waals surface area contributed by atoms with Gasteiger partial charge in [0.1, 0.15) is 11.6 Å². The van der Waals surface area contributed by atoms with Gasteiger partial charge in [0.05, 0.1) is 12.9 Å². The van der Waals surface area contributed by atoms with Crippen molar-refractivity contribution in [2.75, 3.05) is 44.7 Å². The van der Waals surface area contributed by atoms with E-state index in [4.69, 9.17) is 4.74 Å². The maximum absolute atomic E-state index is 13.5. The minimum atomic E-state index is -0.0964. The Hall–Kier alpha value is -2.14. The molecule has 3 rings (SSSR count). The second-order valence-electron chi connectivity index (χ2n) is 10.8. The van der Waals surface area contributed by atoms with E-state index < -0.39 is 0 Å². The zero-order valence-corrected chi connectivity index (χ0v) is 28.9. The molecule has 0 N–H and O–H groups in total. The largest absolute Gasteiger partial charge is 0.501 e. The summed E-state index contributed by atoms with van der Waals surface area (Å²) in [5, 5.41) is 0. The Morgan fingerprint density at radius 2 is 1.63 bits per heavy atom. The lowest BCUT2D eigenvalue weighted by atomic mass is 9.89. The molecule has 238 valence electrons. The molecule has 1 aromatic carbocycles. The number of allylic oxidation sites excluding steroid dienone is 4. The van der Waals surface area contributed by atoms with E-state index in [1.54, 1.807) is 20.1 Å². The number of halogens is 1. The molecule has 1 atom stereocenters. The first kappa shape index (κ1) is 41.0. The Balaban J connectivity index is 0. The Morgan fingerprint density at radius 1 is 1.05 bits per heavy atom. The van der Waals surface area contributed by atoms with Crippen LogP contribution in [0.5, 0.6) is 0 Å². The van der Waals surface area contributed by atoms with Gasteiger partial charge in [0.15, 0.2) is 0 Å². The molecule has 1 fully saturated rings. The number of carbonyl (C=O) groups excluding carboxylic acids is 1. The van der Waals surface area contributed by atoms with Crippen LogP contribution in [0.15, 0.2) is 41.7 Å². The van der Waals surface area contributed by atoms with Crippen LogP contribution in [0.4, 0.5) is 10.1 Å². The fraction of sp³-hybridized carbons (Fsp3) is 0.694. The molecule has 2 aliphatic rings. The Morgan fingerprint density at radius 3 is 2.10 bits per heavy atom. The van der Waals surface area contributed by atoms with Gasteiger partial charge in [-0.3, -0.25) is 4.90 Å². The van der Waals surface area contributed by atoms with Gasteiger partial charge in [-0.15, -0.1) is 0 Å². The molecule has 0 saturated carbocycles. The van der Waals surface area contributed by atoms with E-state index in [1.165, 1.54) is 37.4 Å². The van der Waals surface area contributed by atoms with Crippen LogP contribution in [0.3, 0.4) is 0 Å². The van der Waals surface area contributed by atoms with Gasteiger partial charge in [-0.2, -0.15) is 0 Å². The van der Waals surface area contributed by atoms with Crippen LogP contribution >= 0.6 is 0 Å². The molecular weight excluding hydrogens is 511 g/mol. The summed E-state index contributed by atoms with van der Waals surface area (Å²) >= 11 is 0. The summed E-state index contributed by atoms with van der Waals surface area (Å²) in [6.45, 7) is 28.0. The highest BCUT2D eigenvalue weighted by Crippen LogP contribution is 2.28. The van der Waals surface area contributed by atoms with E-state index in [9.17, 15) is 9.18 Å². The first-order valence-electron chi connectivity index (χ1n) is 16.3. The SMILES string of the molecule is CC.CC.CCC(C)C.CCCCN1CCN(c2cccc(F)c2C)CC1.COC1=CC=C(CCC(C)=O)C(C)C1. The van der Waals surface area contributed by atoms with Gasteiger partial charge in [-0.1, -0.05) is 92.9 Å². The number of piperazine rings is 1. The van der Waals surface area contributed by atoms with Gasteiger partial charge in [0.25, 0.3) is 0 Å². The second-order valence-corrected chi connectivity index (χ2v) is 10.8. The standard InChI is InChI=1S/C15H23FN2.C12H18O2.C5H12.2C2H6/c1-3-4-8-17-9-11-18(12-10-17)15-7-5-6-14(16)13(15)2;1-9-8-12(14-3)7-6-11(9)5-4-10(2)13;1-4-5(2)3;2*1-2/h5-7H,3-4,8-12H2,1-2H3;6-7,9H,4-5,8H2,1-3H3;5H,4H2,1-3H3;2*1-2H3. The summed E-state index contributed by atoms with van der Waals surface area (Å²) in [6.07, 6.45) is 10.4. The molecule has 4 nitrogen and oxygen atoms in total. The molecule has 0 spiro atoms. The molecule has 41 heavy (non-hydrogen) atoms. The highest BCUT2D eigenvalue weighted by molar-refractivity contribution is 5.75. The lowest BCUT2D eigenvalue weighted by Crippen LogP contribution is -2.46. The molecule has 1 saturated heterocycles. The Labute approximate surface area is 254 Å². The number of rotatable bonds is 9. The topological polar surface area (TPSA) is 32.8 Å². The van der Waals surface area contributed by atoms with Gasteiger partial charge < -0.3 is 14.4 Å². The average molecular weight is 577 g/mol. The summed E-state index contributed by atoms with van der Waals surface area (Å²) in [4.78, 5) is 15.7. The van der Waals surface area contributed by atoms with Gasteiger partial charge in [-0.05, 0) is 63.3 Å². The maximum Gasteiger partial charge on any atom is 0.130 e. The fourth-order valence-electron chi connectivity index (χ4n) is 4.20. The van der Waals surface area contributed by atoms with Crippen molar-refractivity contribution in [2.45, 2.75) is 115 Å². The number of ketones is 1. The van der Waals surface area contributed by atoms with Gasteiger partial charge in [-0.25, -0.2) is 4.39 Å². The first-order chi connectivity index (χ1) is 19.6. The number of unbranched alkanes of at least 4 members (excludes halogenated alkanes) is 1. The predicted molar refractivity (Wildman–Crippen MR) is 179 cm³/mol. The quantitative estimate of drug-likeness (QED) is 0.293. The van der Waals surface area contributed by atoms with Crippen molar-refractivity contribution in [1.82, 2.24) is 4.90 Å². The number of Topliss-reactive ketones (excluding diaryl/α,β-unsaturated/α-hetero) is 1. The fourth-order valence-corrected chi connectivity index (χ4v) is 4.20. The van der Waals surface area contributed by atoms with E-state index >= 15 is 0 Å². The van der Waals surface area contributed by atoms with Crippen LogP contribution in [-0.2, 0) is 9.53 Å². The number of ether oxygens (including phenoxy) is 1. The second kappa shape index (κ2) is 25.6. The molecule has 1 aliphatic heterocycles. The van der Waals surface area contributed by atoms with Crippen molar-refractivity contribution in [1.29, 1.82) is 0 Å². The maximum atomic E-state index is 13.5. The van der Waals surface area contributed by atoms with E-state index in [2.05, 4.69) is 50.5 Å². The third-order valence-corrected chi connectivity index (χ3v) is 7.25. The van der Waals surface area contributed by atoms with Crippen LogP contribution in [0.2, 0.25) is 0 Å². The molecule has 5 heteroatoms. The van der Waals surface area contributed by atoms with E-state index in [1.807, 2.05) is 46.8 Å². The van der Waals surface area contributed by atoms with Gasteiger partial charge in [0, 0.05) is 50.3 Å². The van der Waals surface area contributed by atoms with Crippen molar-refractivity contribution in [3.63, 3.8) is 0 Å². The van der Waals surface area contributed by atoms with Gasteiger partial charge in [0.2, 0.25) is 0 Å². The van der Waals surface area contributed by atoms with Crippen molar-refractivity contribution in [2.24, 2.45) is 11.8 Å². The molecule has 0 radical (unpaired) electrons. The number of methoxy groups -OCH3 is 1. The predicted octanol–water partition coefficient (Wildman–Crippen LogP) is 10.0. The summed E-state index contributed by atoms with van der Waals surface area (Å²) in [6, 6.07) is 5.37. The van der Waals surface area contributed by atoms with Crippen LogP contribution in [0, 0.1) is 24.6 Å². The molecule has 1 aliphatic carbocycles. The Bertz CT molecular complexity index is 855. The summed E-state index contributed by atoms with van der Waals surface area (Å²) in [5.74, 6) is 2.59. The molecule has 1 unspecified atom stereocenters. The molecule has 0 bridgehead atoms.